The summed E-state index contributed by atoms with van der Waals surface area (Å²) in [4.78, 5) is 38.6. The second kappa shape index (κ2) is 11.8. The molecule has 0 bridgehead atoms. The maximum atomic E-state index is 13.2. The number of anilines is 6. The van der Waals surface area contributed by atoms with Gasteiger partial charge in [0.05, 0.1) is 30.3 Å². The Balaban J connectivity index is 1.53. The molecule has 2 aliphatic heterocycles. The molecule has 5 heterocycles. The number of hydrogen-bond donors (Lipinski definition) is 2. The number of nitrogen functional groups attached to an aromatic ring is 1. The van der Waals surface area contributed by atoms with Crippen LogP contribution < -0.4 is 25.6 Å². The van der Waals surface area contributed by atoms with Gasteiger partial charge in [0.1, 0.15) is 11.3 Å². The fourth-order valence-corrected chi connectivity index (χ4v) is 5.89. The monoisotopic (exact) mass is 589 g/mol. The van der Waals surface area contributed by atoms with Gasteiger partial charge >= 0.3 is 5.97 Å². The third-order valence-electron chi connectivity index (χ3n) is 7.75. The second-order valence-corrected chi connectivity index (χ2v) is 12.5. The number of hydrogen-bond acceptors (Lipinski definition) is 12. The van der Waals surface area contributed by atoms with E-state index in [0.29, 0.717) is 41.5 Å². The summed E-state index contributed by atoms with van der Waals surface area (Å²) in [5, 5.41) is 3.24. The van der Waals surface area contributed by atoms with Crippen molar-refractivity contribution >= 4 is 40.6 Å². The highest BCUT2D eigenvalue weighted by Crippen LogP contribution is 2.44. The Labute approximate surface area is 253 Å². The molecular formula is C31H43N9O3. The molecule has 1 atom stereocenters. The Kier molecular flexibility index (Phi) is 8.33. The van der Waals surface area contributed by atoms with E-state index in [-0.39, 0.29) is 23.0 Å². The van der Waals surface area contributed by atoms with Gasteiger partial charge in [-0.05, 0) is 65.9 Å². The van der Waals surface area contributed by atoms with Crippen LogP contribution in [0.4, 0.5) is 34.6 Å². The van der Waals surface area contributed by atoms with Gasteiger partial charge in [0.2, 0.25) is 11.8 Å². The van der Waals surface area contributed by atoms with Gasteiger partial charge in [0, 0.05) is 43.0 Å². The van der Waals surface area contributed by atoms with Gasteiger partial charge in [0.15, 0.2) is 11.6 Å². The summed E-state index contributed by atoms with van der Waals surface area (Å²) in [6.45, 7) is 12.2. The zero-order chi connectivity index (χ0) is 31.1. The summed E-state index contributed by atoms with van der Waals surface area (Å²) in [7, 11) is 5.72. The molecule has 0 saturated carbocycles. The van der Waals surface area contributed by atoms with Crippen molar-refractivity contribution in [3.63, 3.8) is 0 Å². The molecule has 1 fully saturated rings. The van der Waals surface area contributed by atoms with Gasteiger partial charge in [-0.2, -0.15) is 9.97 Å². The zero-order valence-electron chi connectivity index (χ0n) is 26.4. The lowest BCUT2D eigenvalue weighted by Crippen LogP contribution is -2.38. The Bertz CT molecular complexity index is 1510. The predicted molar refractivity (Wildman–Crippen MR) is 169 cm³/mol. The summed E-state index contributed by atoms with van der Waals surface area (Å²) in [6, 6.07) is 6.11. The Hall–Kier alpha value is -4.19. The highest BCUT2D eigenvalue weighted by molar-refractivity contribution is 5.96. The molecule has 0 aromatic carbocycles. The maximum absolute atomic E-state index is 13.2. The number of methoxy groups -OCH3 is 1. The van der Waals surface area contributed by atoms with Crippen LogP contribution >= 0.6 is 0 Å². The van der Waals surface area contributed by atoms with Crippen molar-refractivity contribution < 1.29 is 14.3 Å². The normalized spacial score (nSPS) is 17.5. The maximum Gasteiger partial charge on any atom is 0.343 e. The van der Waals surface area contributed by atoms with Gasteiger partial charge < -0.3 is 35.2 Å². The van der Waals surface area contributed by atoms with Crippen molar-refractivity contribution in [2.24, 2.45) is 0 Å². The van der Waals surface area contributed by atoms with E-state index in [9.17, 15) is 4.79 Å². The number of carbonyl (C=O) groups is 1. The Morgan fingerprint density at radius 1 is 1.21 bits per heavy atom. The first-order valence-corrected chi connectivity index (χ1v) is 14.7. The van der Waals surface area contributed by atoms with Crippen LogP contribution in [0.3, 0.4) is 0 Å². The molecule has 0 amide bonds. The number of carbonyl (C=O) groups excluding carboxylic acids is 1. The lowest BCUT2D eigenvalue weighted by atomic mass is 9.91. The molecule has 3 N–H and O–H groups in total. The molecule has 5 rings (SSSR count). The molecule has 0 spiro atoms. The number of pyridine rings is 2. The third-order valence-corrected chi connectivity index (χ3v) is 7.75. The highest BCUT2D eigenvalue weighted by atomic mass is 16.5. The van der Waals surface area contributed by atoms with Crippen LogP contribution in [0.15, 0.2) is 24.4 Å². The number of aryl methyl sites for hydroxylation is 1. The first-order valence-electron chi connectivity index (χ1n) is 14.7. The lowest BCUT2D eigenvalue weighted by Gasteiger charge is -2.29. The molecule has 0 radical (unpaired) electrons. The van der Waals surface area contributed by atoms with Crippen molar-refractivity contribution in [2.45, 2.75) is 65.0 Å². The van der Waals surface area contributed by atoms with Crippen molar-refractivity contribution in [3.05, 3.63) is 41.3 Å². The van der Waals surface area contributed by atoms with Crippen LogP contribution in [-0.4, -0.2) is 83.8 Å². The molecule has 12 nitrogen and oxygen atoms in total. The summed E-state index contributed by atoms with van der Waals surface area (Å²) in [6.07, 6.45) is 3.36. The fraction of sp³-hybridized carbons (Fsp3) is 0.516. The summed E-state index contributed by atoms with van der Waals surface area (Å²) < 4.78 is 11.3. The SMILES string of the molecule is COc1nc(N2CCC[C@@H]2CN(C)C)c(N)cc1Nc1ncc(C(=O)OC(C)C)c(N2CC(C)(C)c3nc(C)ccc32)n1. The van der Waals surface area contributed by atoms with Crippen LogP contribution in [0, 0.1) is 6.92 Å². The number of fused-ring (bicyclic) bond motifs is 1. The van der Waals surface area contributed by atoms with E-state index in [1.165, 1.54) is 6.20 Å². The summed E-state index contributed by atoms with van der Waals surface area (Å²) in [5.74, 6) is 1.29. The molecule has 43 heavy (non-hydrogen) atoms. The lowest BCUT2D eigenvalue weighted by molar-refractivity contribution is 0.0378. The number of ether oxygens (including phenoxy) is 2. The zero-order valence-corrected chi connectivity index (χ0v) is 26.4. The minimum Gasteiger partial charge on any atom is -0.479 e. The van der Waals surface area contributed by atoms with Crippen molar-refractivity contribution in [1.29, 1.82) is 0 Å². The largest absolute Gasteiger partial charge is 0.479 e. The number of nitrogens with zero attached hydrogens (tertiary/aromatic N) is 7. The Morgan fingerprint density at radius 2 is 1.98 bits per heavy atom. The van der Waals surface area contributed by atoms with E-state index in [2.05, 4.69) is 48.0 Å². The van der Waals surface area contributed by atoms with Crippen molar-refractivity contribution in [2.75, 3.05) is 61.7 Å². The number of nitrogens with one attached hydrogen (secondary N) is 1. The van der Waals surface area contributed by atoms with Crippen LogP contribution in [0.1, 0.15) is 62.3 Å². The highest BCUT2D eigenvalue weighted by Gasteiger charge is 2.40. The average Bonchev–Trinajstić information content (AvgIpc) is 3.49. The third kappa shape index (κ3) is 6.15. The average molecular weight is 590 g/mol. The van der Waals surface area contributed by atoms with Crippen LogP contribution in [-0.2, 0) is 10.2 Å². The van der Waals surface area contributed by atoms with E-state index in [4.69, 9.17) is 30.2 Å². The fourth-order valence-electron chi connectivity index (χ4n) is 5.89. The molecule has 230 valence electrons. The van der Waals surface area contributed by atoms with Gasteiger partial charge in [0.25, 0.3) is 0 Å². The van der Waals surface area contributed by atoms with Gasteiger partial charge in [-0.15, -0.1) is 0 Å². The molecule has 0 unspecified atom stereocenters. The molecular weight excluding hydrogens is 546 g/mol. The molecule has 12 heteroatoms. The van der Waals surface area contributed by atoms with Gasteiger partial charge in [-0.1, -0.05) is 13.8 Å². The van der Waals surface area contributed by atoms with Crippen molar-refractivity contribution in [1.82, 2.24) is 24.8 Å². The van der Waals surface area contributed by atoms with E-state index >= 15 is 0 Å². The first-order chi connectivity index (χ1) is 20.4. The van der Waals surface area contributed by atoms with E-state index < -0.39 is 5.97 Å². The smallest absolute Gasteiger partial charge is 0.343 e. The molecule has 2 aliphatic rings. The van der Waals surface area contributed by atoms with Crippen LogP contribution in [0.2, 0.25) is 0 Å². The van der Waals surface area contributed by atoms with Crippen molar-refractivity contribution in [3.8, 4) is 5.88 Å². The van der Waals surface area contributed by atoms with Crippen LogP contribution in [0.25, 0.3) is 0 Å². The molecule has 1 saturated heterocycles. The van der Waals surface area contributed by atoms with Gasteiger partial charge in [-0.3, -0.25) is 4.98 Å². The topological polar surface area (TPSA) is 135 Å². The molecule has 3 aromatic rings. The van der Waals surface area contributed by atoms with Crippen LogP contribution in [0.5, 0.6) is 5.88 Å². The molecule has 3 aromatic heterocycles. The minimum absolute atomic E-state index is 0.265. The van der Waals surface area contributed by atoms with E-state index in [1.807, 2.05) is 37.8 Å². The number of likely N-dealkylation sites (N-methyl/N-ethyl adjacent to an activating group) is 1. The number of esters is 1. The number of aromatic nitrogens is 4. The minimum atomic E-state index is -0.492. The first kappa shape index (κ1) is 30.3. The molecule has 0 aliphatic carbocycles. The van der Waals surface area contributed by atoms with E-state index in [1.54, 1.807) is 13.2 Å². The van der Waals surface area contributed by atoms with Gasteiger partial charge in [-0.25, -0.2) is 9.78 Å². The Morgan fingerprint density at radius 3 is 2.67 bits per heavy atom. The summed E-state index contributed by atoms with van der Waals surface area (Å²) in [5.41, 5.74) is 10.4. The predicted octanol–water partition coefficient (Wildman–Crippen LogP) is 4.43. The quantitative estimate of drug-likeness (QED) is 0.342. The number of rotatable bonds is 9. The summed E-state index contributed by atoms with van der Waals surface area (Å²) >= 11 is 0. The standard InChI is InChI=1S/C31H43N9O3/c1-18(2)43-29(41)21-15-33-30(37-26(21)40-17-31(4,5)25-24(40)12-11-19(3)34-25)35-23-14-22(32)27(36-28(23)42-8)39-13-9-10-20(39)16-38(6)7/h11-12,14-15,18,20H,9-10,13,16-17,32H2,1-8H3,(H,33,35,37)/t20-/m1/s1. The second-order valence-electron chi connectivity index (χ2n) is 12.5. The number of nitrogens with two attached hydrogens (primary N) is 1. The van der Waals surface area contributed by atoms with E-state index in [0.717, 1.165) is 43.0 Å².